The van der Waals surface area contributed by atoms with E-state index >= 15 is 0 Å². The molecule has 5 nitrogen and oxygen atoms in total. The number of nitrogens with one attached hydrogen (secondary N) is 1. The SMILES string of the molecule is Cc1ccc([C@@]2(C)NC(=O)N(Cc3csc(-c4ccc(F)cc4)n3)C2=O)cc1. The third kappa shape index (κ3) is 3.18. The number of aromatic nitrogens is 1. The molecule has 3 amide bonds. The molecule has 2 heterocycles. The second kappa shape index (κ2) is 6.83. The van der Waals surface area contributed by atoms with E-state index in [1.54, 1.807) is 24.4 Å². The fraction of sp³-hybridized carbons (Fsp3) is 0.190. The quantitative estimate of drug-likeness (QED) is 0.673. The number of amides is 3. The number of thiazole rings is 1. The first-order valence-corrected chi connectivity index (χ1v) is 9.66. The maximum Gasteiger partial charge on any atom is 0.325 e. The number of benzene rings is 2. The van der Waals surface area contributed by atoms with Crippen LogP contribution in [-0.4, -0.2) is 21.8 Å². The van der Waals surface area contributed by atoms with Crippen molar-refractivity contribution in [2.75, 3.05) is 0 Å². The number of halogens is 1. The molecule has 0 saturated carbocycles. The van der Waals surface area contributed by atoms with Gasteiger partial charge in [0.1, 0.15) is 16.4 Å². The Kier molecular flexibility index (Phi) is 4.47. The molecule has 0 unspecified atom stereocenters. The molecule has 1 aliphatic rings. The van der Waals surface area contributed by atoms with E-state index in [4.69, 9.17) is 0 Å². The predicted molar refractivity (Wildman–Crippen MR) is 105 cm³/mol. The molecule has 4 rings (SSSR count). The van der Waals surface area contributed by atoms with Gasteiger partial charge in [0, 0.05) is 10.9 Å². The second-order valence-corrected chi connectivity index (χ2v) is 7.82. The number of nitrogens with zero attached hydrogens (tertiary/aromatic N) is 2. The number of rotatable bonds is 4. The van der Waals surface area contributed by atoms with Gasteiger partial charge in [0.2, 0.25) is 0 Å². The van der Waals surface area contributed by atoms with Gasteiger partial charge in [0.25, 0.3) is 5.91 Å². The van der Waals surface area contributed by atoms with Gasteiger partial charge in [-0.3, -0.25) is 9.69 Å². The van der Waals surface area contributed by atoms with E-state index in [0.29, 0.717) is 10.7 Å². The number of carbonyl (C=O) groups excluding carboxylic acids is 2. The molecule has 0 bridgehead atoms. The Bertz CT molecular complexity index is 1050. The van der Waals surface area contributed by atoms with Crippen molar-refractivity contribution < 1.29 is 14.0 Å². The highest BCUT2D eigenvalue weighted by Crippen LogP contribution is 2.31. The van der Waals surface area contributed by atoms with Crippen molar-refractivity contribution in [3.63, 3.8) is 0 Å². The Morgan fingerprint density at radius 2 is 1.79 bits per heavy atom. The number of carbonyl (C=O) groups is 2. The topological polar surface area (TPSA) is 62.3 Å². The average Bonchev–Trinajstić information content (AvgIpc) is 3.22. The lowest BCUT2D eigenvalue weighted by Gasteiger charge is -2.22. The average molecular weight is 395 g/mol. The van der Waals surface area contributed by atoms with Gasteiger partial charge >= 0.3 is 6.03 Å². The van der Waals surface area contributed by atoms with Crippen molar-refractivity contribution in [1.82, 2.24) is 15.2 Å². The molecule has 3 aromatic rings. The largest absolute Gasteiger partial charge is 0.325 e. The van der Waals surface area contributed by atoms with Crippen molar-refractivity contribution in [3.8, 4) is 10.6 Å². The number of imide groups is 1. The van der Waals surface area contributed by atoms with Crippen LogP contribution in [-0.2, 0) is 16.9 Å². The first kappa shape index (κ1) is 18.3. The van der Waals surface area contributed by atoms with E-state index in [1.807, 2.05) is 31.2 Å². The zero-order chi connectivity index (χ0) is 19.9. The fourth-order valence-electron chi connectivity index (χ4n) is 3.19. The van der Waals surface area contributed by atoms with Crippen LogP contribution < -0.4 is 5.32 Å². The molecule has 1 aromatic heterocycles. The lowest BCUT2D eigenvalue weighted by molar-refractivity contribution is -0.131. The third-order valence-corrected chi connectivity index (χ3v) is 5.81. The Balaban J connectivity index is 1.55. The summed E-state index contributed by atoms with van der Waals surface area (Å²) in [4.78, 5) is 31.2. The summed E-state index contributed by atoms with van der Waals surface area (Å²) in [6.45, 7) is 3.76. The van der Waals surface area contributed by atoms with E-state index < -0.39 is 11.6 Å². The van der Waals surface area contributed by atoms with Gasteiger partial charge in [-0.05, 0) is 43.7 Å². The van der Waals surface area contributed by atoms with Crippen molar-refractivity contribution in [1.29, 1.82) is 0 Å². The fourth-order valence-corrected chi connectivity index (χ4v) is 4.01. The molecule has 0 radical (unpaired) electrons. The molecule has 2 aromatic carbocycles. The van der Waals surface area contributed by atoms with Crippen molar-refractivity contribution in [2.45, 2.75) is 25.9 Å². The number of urea groups is 1. The van der Waals surface area contributed by atoms with Crippen LogP contribution in [0.5, 0.6) is 0 Å². The van der Waals surface area contributed by atoms with Gasteiger partial charge in [-0.1, -0.05) is 29.8 Å². The van der Waals surface area contributed by atoms with Gasteiger partial charge in [-0.15, -0.1) is 11.3 Å². The molecule has 0 spiro atoms. The molecule has 1 saturated heterocycles. The molecule has 0 aliphatic carbocycles. The zero-order valence-electron chi connectivity index (χ0n) is 15.4. The van der Waals surface area contributed by atoms with Gasteiger partial charge < -0.3 is 5.32 Å². The van der Waals surface area contributed by atoms with Gasteiger partial charge in [-0.2, -0.15) is 0 Å². The first-order valence-electron chi connectivity index (χ1n) is 8.78. The third-order valence-electron chi connectivity index (χ3n) is 4.87. The molecule has 1 atom stereocenters. The molecule has 7 heteroatoms. The maximum atomic E-state index is 13.1. The van der Waals surface area contributed by atoms with Crippen LogP contribution in [0.2, 0.25) is 0 Å². The minimum absolute atomic E-state index is 0.0871. The molecule has 28 heavy (non-hydrogen) atoms. The number of aryl methyl sites for hydroxylation is 1. The molecule has 1 N–H and O–H groups in total. The summed E-state index contributed by atoms with van der Waals surface area (Å²) < 4.78 is 13.1. The Morgan fingerprint density at radius 3 is 2.46 bits per heavy atom. The highest BCUT2D eigenvalue weighted by molar-refractivity contribution is 7.13. The highest BCUT2D eigenvalue weighted by atomic mass is 32.1. The normalized spacial score (nSPS) is 19.2. The van der Waals surface area contributed by atoms with Gasteiger partial charge in [0.15, 0.2) is 0 Å². The molecule has 1 fully saturated rings. The first-order chi connectivity index (χ1) is 13.4. The second-order valence-electron chi connectivity index (χ2n) is 6.96. The molecular weight excluding hydrogens is 377 g/mol. The Labute approximate surface area is 165 Å². The Hall–Kier alpha value is -3.06. The summed E-state index contributed by atoms with van der Waals surface area (Å²) in [5, 5.41) is 5.32. The maximum absolute atomic E-state index is 13.1. The van der Waals surface area contributed by atoms with E-state index in [1.165, 1.54) is 28.4 Å². The van der Waals surface area contributed by atoms with Crippen molar-refractivity contribution in [3.05, 3.63) is 76.5 Å². The van der Waals surface area contributed by atoms with Crippen LogP contribution in [0.3, 0.4) is 0 Å². The molecular formula is C21H18FN3O2S. The van der Waals surface area contributed by atoms with Crippen LogP contribution in [0.15, 0.2) is 53.9 Å². The lowest BCUT2D eigenvalue weighted by atomic mass is 9.91. The van der Waals surface area contributed by atoms with Gasteiger partial charge in [0.05, 0.1) is 12.2 Å². The monoisotopic (exact) mass is 395 g/mol. The summed E-state index contributed by atoms with van der Waals surface area (Å²) in [5.41, 5.74) is 2.13. The number of hydrogen-bond acceptors (Lipinski definition) is 4. The van der Waals surface area contributed by atoms with Crippen LogP contribution in [0, 0.1) is 12.7 Å². The van der Waals surface area contributed by atoms with E-state index in [9.17, 15) is 14.0 Å². The summed E-state index contributed by atoms with van der Waals surface area (Å²) in [5.74, 6) is -0.618. The van der Waals surface area contributed by atoms with Crippen LogP contribution >= 0.6 is 11.3 Å². The molecule has 142 valence electrons. The molecule has 1 aliphatic heterocycles. The smallest absolute Gasteiger partial charge is 0.319 e. The van der Waals surface area contributed by atoms with Crippen molar-refractivity contribution >= 4 is 23.3 Å². The van der Waals surface area contributed by atoms with E-state index in [2.05, 4.69) is 10.3 Å². The summed E-state index contributed by atoms with van der Waals surface area (Å²) in [6.07, 6.45) is 0. The van der Waals surface area contributed by atoms with E-state index in [-0.39, 0.29) is 18.3 Å². The van der Waals surface area contributed by atoms with Crippen LogP contribution in [0.1, 0.15) is 23.7 Å². The minimum atomic E-state index is -1.10. The van der Waals surface area contributed by atoms with Gasteiger partial charge in [-0.25, -0.2) is 14.2 Å². The summed E-state index contributed by atoms with van der Waals surface area (Å²) in [6, 6.07) is 13.2. The standard InChI is InChI=1S/C21H18FN3O2S/c1-13-3-7-15(8-4-13)21(2)19(26)25(20(27)24-21)11-17-12-28-18(23-17)14-5-9-16(22)10-6-14/h3-10,12H,11H2,1-2H3,(H,24,27)/t21-/m1/s1. The number of hydrogen-bond donors (Lipinski definition) is 1. The predicted octanol–water partition coefficient (Wildman–Crippen LogP) is 4.22. The Morgan fingerprint density at radius 1 is 1.11 bits per heavy atom. The summed E-state index contributed by atoms with van der Waals surface area (Å²) in [7, 11) is 0. The minimum Gasteiger partial charge on any atom is -0.319 e. The highest BCUT2D eigenvalue weighted by Gasteiger charge is 2.49. The van der Waals surface area contributed by atoms with E-state index in [0.717, 1.165) is 16.7 Å². The van der Waals surface area contributed by atoms with Crippen LogP contribution in [0.25, 0.3) is 10.6 Å². The van der Waals surface area contributed by atoms with Crippen LogP contribution in [0.4, 0.5) is 9.18 Å². The van der Waals surface area contributed by atoms with Crippen molar-refractivity contribution in [2.24, 2.45) is 0 Å². The summed E-state index contributed by atoms with van der Waals surface area (Å²) >= 11 is 1.39. The zero-order valence-corrected chi connectivity index (χ0v) is 16.2. The lowest BCUT2D eigenvalue weighted by Crippen LogP contribution is -2.40.